The van der Waals surface area contributed by atoms with Crippen LogP contribution in [0.4, 0.5) is 0 Å². The third kappa shape index (κ3) is 1.48. The van der Waals surface area contributed by atoms with E-state index in [1.165, 1.54) is 0 Å². The number of hydrogen-bond acceptors (Lipinski definition) is 3. The third-order valence-electron chi connectivity index (χ3n) is 1.30. The fourth-order valence-corrected chi connectivity index (χ4v) is 0.745. The molecule has 0 radical (unpaired) electrons. The standard InChI is InChI=1S/C6H10N2O2/c7-3-1-2-5-4-8-10-6(5)9/h4,8H,1-3,7H2. The molecule has 0 unspecified atom stereocenters. The van der Waals surface area contributed by atoms with Crippen molar-refractivity contribution in [1.29, 1.82) is 0 Å². The fourth-order valence-electron chi connectivity index (χ4n) is 0.745. The monoisotopic (exact) mass is 142 g/mol. The highest BCUT2D eigenvalue weighted by Crippen LogP contribution is 1.92. The van der Waals surface area contributed by atoms with Gasteiger partial charge in [0.15, 0.2) is 0 Å². The molecule has 0 spiro atoms. The van der Waals surface area contributed by atoms with Gasteiger partial charge in [-0.05, 0) is 19.4 Å². The van der Waals surface area contributed by atoms with Crippen molar-refractivity contribution in [2.75, 3.05) is 6.54 Å². The number of aromatic nitrogens is 1. The predicted octanol–water partition coefficient (Wildman–Crippen LogP) is -0.141. The lowest BCUT2D eigenvalue weighted by Crippen LogP contribution is -2.05. The van der Waals surface area contributed by atoms with Crippen molar-refractivity contribution in [2.24, 2.45) is 5.73 Å². The molecule has 1 aromatic rings. The summed E-state index contributed by atoms with van der Waals surface area (Å²) in [5, 5.41) is 2.38. The maximum atomic E-state index is 10.7. The molecule has 0 fully saturated rings. The van der Waals surface area contributed by atoms with Gasteiger partial charge in [-0.15, -0.1) is 0 Å². The number of H-pyrrole nitrogens is 1. The summed E-state index contributed by atoms with van der Waals surface area (Å²) in [6.07, 6.45) is 3.09. The normalized spacial score (nSPS) is 10.1. The Morgan fingerprint density at radius 2 is 2.50 bits per heavy atom. The number of rotatable bonds is 3. The van der Waals surface area contributed by atoms with Crippen molar-refractivity contribution < 1.29 is 4.52 Å². The van der Waals surface area contributed by atoms with Crippen LogP contribution in [0.25, 0.3) is 0 Å². The van der Waals surface area contributed by atoms with Gasteiger partial charge in [-0.2, -0.15) is 0 Å². The quantitative estimate of drug-likeness (QED) is 0.617. The first-order valence-electron chi connectivity index (χ1n) is 3.20. The van der Waals surface area contributed by atoms with Crippen molar-refractivity contribution >= 4 is 0 Å². The lowest BCUT2D eigenvalue weighted by atomic mass is 10.2. The molecule has 0 aliphatic carbocycles. The van der Waals surface area contributed by atoms with Gasteiger partial charge in [-0.25, -0.2) is 9.95 Å². The molecule has 0 bridgehead atoms. The van der Waals surface area contributed by atoms with E-state index in [2.05, 4.69) is 9.68 Å². The molecule has 0 aliphatic heterocycles. The highest BCUT2D eigenvalue weighted by atomic mass is 16.5. The largest absolute Gasteiger partial charge is 0.360 e. The van der Waals surface area contributed by atoms with Gasteiger partial charge >= 0.3 is 5.63 Å². The van der Waals surface area contributed by atoms with E-state index in [4.69, 9.17) is 5.73 Å². The Morgan fingerprint density at radius 1 is 1.70 bits per heavy atom. The van der Waals surface area contributed by atoms with Crippen LogP contribution in [0.2, 0.25) is 0 Å². The molecule has 56 valence electrons. The molecule has 1 heterocycles. The lowest BCUT2D eigenvalue weighted by molar-refractivity contribution is 0.390. The molecule has 1 rings (SSSR count). The van der Waals surface area contributed by atoms with Crippen molar-refractivity contribution in [1.82, 2.24) is 5.16 Å². The summed E-state index contributed by atoms with van der Waals surface area (Å²) in [6, 6.07) is 0. The van der Waals surface area contributed by atoms with Crippen molar-refractivity contribution in [2.45, 2.75) is 12.8 Å². The number of hydrogen-bond donors (Lipinski definition) is 2. The minimum Gasteiger partial charge on any atom is -0.339 e. The van der Waals surface area contributed by atoms with E-state index < -0.39 is 0 Å². The molecule has 0 amide bonds. The first-order valence-corrected chi connectivity index (χ1v) is 3.20. The summed E-state index contributed by atoms with van der Waals surface area (Å²) in [6.45, 7) is 0.602. The fraction of sp³-hybridized carbons (Fsp3) is 0.500. The minimum atomic E-state index is -0.284. The van der Waals surface area contributed by atoms with Gasteiger partial charge in [-0.1, -0.05) is 0 Å². The molecule has 4 heteroatoms. The van der Waals surface area contributed by atoms with E-state index >= 15 is 0 Å². The van der Waals surface area contributed by atoms with E-state index in [1.54, 1.807) is 6.20 Å². The summed E-state index contributed by atoms with van der Waals surface area (Å²) in [4.78, 5) is 10.7. The summed E-state index contributed by atoms with van der Waals surface area (Å²) in [5.41, 5.74) is 5.64. The second kappa shape index (κ2) is 3.22. The van der Waals surface area contributed by atoms with Crippen molar-refractivity contribution in [3.05, 3.63) is 22.2 Å². The molecule has 0 saturated heterocycles. The first kappa shape index (κ1) is 7.08. The van der Waals surface area contributed by atoms with E-state index in [-0.39, 0.29) is 5.63 Å². The number of nitrogens with one attached hydrogen (secondary N) is 1. The van der Waals surface area contributed by atoms with Crippen molar-refractivity contribution in [3.8, 4) is 0 Å². The molecule has 10 heavy (non-hydrogen) atoms. The van der Waals surface area contributed by atoms with E-state index in [9.17, 15) is 4.79 Å². The Bertz CT molecular complexity index is 238. The average molecular weight is 142 g/mol. The second-order valence-corrected chi connectivity index (χ2v) is 2.07. The van der Waals surface area contributed by atoms with Crippen LogP contribution in [-0.4, -0.2) is 11.7 Å². The van der Waals surface area contributed by atoms with E-state index in [1.807, 2.05) is 0 Å². The Hall–Kier alpha value is -1.03. The molecule has 1 aromatic heterocycles. The van der Waals surface area contributed by atoms with Crippen LogP contribution in [-0.2, 0) is 6.42 Å². The Labute approximate surface area is 58.0 Å². The van der Waals surface area contributed by atoms with Crippen LogP contribution in [0.1, 0.15) is 12.0 Å². The zero-order valence-corrected chi connectivity index (χ0v) is 5.59. The third-order valence-corrected chi connectivity index (χ3v) is 1.30. The number of nitrogens with two attached hydrogens (primary N) is 1. The average Bonchev–Trinajstić information content (AvgIpc) is 2.31. The van der Waals surface area contributed by atoms with Gasteiger partial charge in [-0.3, -0.25) is 0 Å². The van der Waals surface area contributed by atoms with Crippen LogP contribution in [0.15, 0.2) is 15.5 Å². The molecule has 0 aliphatic rings. The molecule has 3 N–H and O–H groups in total. The highest BCUT2D eigenvalue weighted by Gasteiger charge is 1.99. The van der Waals surface area contributed by atoms with E-state index in [0.717, 1.165) is 6.42 Å². The number of aromatic amines is 1. The summed E-state index contributed by atoms with van der Waals surface area (Å²) >= 11 is 0. The molecule has 0 saturated carbocycles. The van der Waals surface area contributed by atoms with Gasteiger partial charge in [0.25, 0.3) is 0 Å². The molecular formula is C6H10N2O2. The Balaban J connectivity index is 2.57. The van der Waals surface area contributed by atoms with Gasteiger partial charge in [0, 0.05) is 6.20 Å². The molecule has 4 nitrogen and oxygen atoms in total. The molecular weight excluding hydrogens is 132 g/mol. The smallest absolute Gasteiger partial charge is 0.339 e. The van der Waals surface area contributed by atoms with Gasteiger partial charge in [0.05, 0.1) is 5.56 Å². The summed E-state index contributed by atoms with van der Waals surface area (Å²) < 4.78 is 4.44. The SMILES string of the molecule is NCCCc1c[nH]oc1=O. The van der Waals surface area contributed by atoms with Crippen LogP contribution in [0.5, 0.6) is 0 Å². The molecule has 0 atom stereocenters. The number of aryl methyl sites for hydroxylation is 1. The predicted molar refractivity (Wildman–Crippen MR) is 36.7 cm³/mol. The van der Waals surface area contributed by atoms with Crippen LogP contribution < -0.4 is 11.4 Å². The van der Waals surface area contributed by atoms with Gasteiger partial charge in [0.1, 0.15) is 0 Å². The highest BCUT2D eigenvalue weighted by molar-refractivity contribution is 5.00. The maximum absolute atomic E-state index is 10.7. The van der Waals surface area contributed by atoms with Crippen LogP contribution in [0, 0.1) is 0 Å². The molecule has 0 aromatic carbocycles. The van der Waals surface area contributed by atoms with Crippen LogP contribution >= 0.6 is 0 Å². The van der Waals surface area contributed by atoms with Crippen molar-refractivity contribution in [3.63, 3.8) is 0 Å². The Kier molecular flexibility index (Phi) is 2.28. The zero-order valence-electron chi connectivity index (χ0n) is 5.59. The minimum absolute atomic E-state index is 0.284. The topological polar surface area (TPSA) is 72.0 Å². The van der Waals surface area contributed by atoms with Crippen LogP contribution in [0.3, 0.4) is 0 Å². The van der Waals surface area contributed by atoms with E-state index in [0.29, 0.717) is 18.5 Å². The zero-order chi connectivity index (χ0) is 7.40. The lowest BCUT2D eigenvalue weighted by Gasteiger charge is -1.88. The first-order chi connectivity index (χ1) is 4.84. The summed E-state index contributed by atoms with van der Waals surface area (Å²) in [7, 11) is 0. The van der Waals surface area contributed by atoms with Gasteiger partial charge in [0.2, 0.25) is 0 Å². The maximum Gasteiger partial charge on any atom is 0.360 e. The Morgan fingerprint density at radius 3 is 3.00 bits per heavy atom. The van der Waals surface area contributed by atoms with Gasteiger partial charge < -0.3 is 10.3 Å². The summed E-state index contributed by atoms with van der Waals surface area (Å²) in [5.74, 6) is 0. The second-order valence-electron chi connectivity index (χ2n) is 2.07.